The van der Waals surface area contributed by atoms with Crippen LogP contribution in [-0.2, 0) is 11.2 Å². The molecule has 6 nitrogen and oxygen atoms in total. The first kappa shape index (κ1) is 15.1. The van der Waals surface area contributed by atoms with E-state index in [0.717, 1.165) is 0 Å². The number of carboxylic acid groups (broad SMARTS) is 1. The van der Waals surface area contributed by atoms with Gasteiger partial charge in [-0.2, -0.15) is 10.2 Å². The number of hydrogen-bond acceptors (Lipinski definition) is 4. The van der Waals surface area contributed by atoms with Gasteiger partial charge in [-0.3, -0.25) is 4.79 Å². The molecule has 1 unspecified atom stereocenters. The first-order valence-electron chi connectivity index (χ1n) is 6.23. The van der Waals surface area contributed by atoms with Crippen LogP contribution in [0.3, 0.4) is 0 Å². The van der Waals surface area contributed by atoms with Gasteiger partial charge in [-0.15, -0.1) is 0 Å². The standard InChI is InChI=1S/C13H19N3O3/c1-5-10-9(7-8(3)15-16-10)11(17)14-13(4,6-2)12(18)19/h7H,5-6H2,1-4H3,(H,14,17)(H,18,19). The number of nitrogens with zero attached hydrogens (tertiary/aromatic N) is 2. The number of amides is 1. The van der Waals surface area contributed by atoms with Crippen molar-refractivity contribution in [1.29, 1.82) is 0 Å². The van der Waals surface area contributed by atoms with E-state index in [4.69, 9.17) is 5.11 Å². The van der Waals surface area contributed by atoms with E-state index in [2.05, 4.69) is 15.5 Å². The van der Waals surface area contributed by atoms with Gasteiger partial charge in [0.05, 0.1) is 17.0 Å². The molecule has 1 amide bonds. The Morgan fingerprint density at radius 2 is 2.00 bits per heavy atom. The number of aromatic nitrogens is 2. The van der Waals surface area contributed by atoms with Gasteiger partial charge in [0.1, 0.15) is 5.54 Å². The van der Waals surface area contributed by atoms with Crippen LogP contribution >= 0.6 is 0 Å². The molecule has 104 valence electrons. The maximum Gasteiger partial charge on any atom is 0.329 e. The molecule has 0 bridgehead atoms. The van der Waals surface area contributed by atoms with E-state index in [0.29, 0.717) is 29.8 Å². The predicted molar refractivity (Wildman–Crippen MR) is 69.9 cm³/mol. The summed E-state index contributed by atoms with van der Waals surface area (Å²) in [4.78, 5) is 23.4. The number of carbonyl (C=O) groups is 2. The molecule has 0 fully saturated rings. The molecule has 1 aromatic rings. The van der Waals surface area contributed by atoms with Crippen LogP contribution in [0.15, 0.2) is 6.07 Å². The second-order valence-corrected chi connectivity index (χ2v) is 4.64. The molecule has 1 heterocycles. The molecule has 0 radical (unpaired) electrons. The largest absolute Gasteiger partial charge is 0.480 e. The van der Waals surface area contributed by atoms with Crippen molar-refractivity contribution >= 4 is 11.9 Å². The van der Waals surface area contributed by atoms with E-state index >= 15 is 0 Å². The lowest BCUT2D eigenvalue weighted by atomic mass is 9.98. The lowest BCUT2D eigenvalue weighted by molar-refractivity contribution is -0.143. The van der Waals surface area contributed by atoms with Crippen molar-refractivity contribution in [2.45, 2.75) is 46.1 Å². The van der Waals surface area contributed by atoms with Gasteiger partial charge in [-0.25, -0.2) is 4.79 Å². The molecule has 0 aliphatic rings. The van der Waals surface area contributed by atoms with Gasteiger partial charge in [0.15, 0.2) is 0 Å². The Labute approximate surface area is 112 Å². The van der Waals surface area contributed by atoms with E-state index in [9.17, 15) is 9.59 Å². The molecule has 0 spiro atoms. The molecule has 0 aliphatic heterocycles. The van der Waals surface area contributed by atoms with Gasteiger partial charge in [0, 0.05) is 0 Å². The monoisotopic (exact) mass is 265 g/mol. The zero-order chi connectivity index (χ0) is 14.6. The molecule has 0 aromatic carbocycles. The topological polar surface area (TPSA) is 92.2 Å². The second-order valence-electron chi connectivity index (χ2n) is 4.64. The summed E-state index contributed by atoms with van der Waals surface area (Å²) in [5.74, 6) is -1.48. The zero-order valence-electron chi connectivity index (χ0n) is 11.6. The lowest BCUT2D eigenvalue weighted by Gasteiger charge is -2.25. The predicted octanol–water partition coefficient (Wildman–Crippen LogP) is 1.33. The number of hydrogen-bond donors (Lipinski definition) is 2. The van der Waals surface area contributed by atoms with E-state index in [1.165, 1.54) is 6.92 Å². The fourth-order valence-corrected chi connectivity index (χ4v) is 1.58. The normalized spacial score (nSPS) is 13.7. The minimum atomic E-state index is -1.28. The van der Waals surface area contributed by atoms with Crippen LogP contribution in [0, 0.1) is 6.92 Å². The van der Waals surface area contributed by atoms with Gasteiger partial charge >= 0.3 is 5.97 Å². The third-order valence-electron chi connectivity index (χ3n) is 3.14. The Morgan fingerprint density at radius 3 is 2.47 bits per heavy atom. The van der Waals surface area contributed by atoms with Crippen LogP contribution in [-0.4, -0.2) is 32.7 Å². The second kappa shape index (κ2) is 5.77. The minimum absolute atomic E-state index is 0.299. The van der Waals surface area contributed by atoms with Gasteiger partial charge in [-0.1, -0.05) is 13.8 Å². The molecule has 1 aromatic heterocycles. The maximum atomic E-state index is 12.2. The highest BCUT2D eigenvalue weighted by atomic mass is 16.4. The molecule has 1 atom stereocenters. The molecule has 2 N–H and O–H groups in total. The molecule has 0 saturated carbocycles. The van der Waals surface area contributed by atoms with Crippen molar-refractivity contribution in [3.05, 3.63) is 23.0 Å². The summed E-state index contributed by atoms with van der Waals surface area (Å²) in [5, 5.41) is 19.6. The van der Waals surface area contributed by atoms with Crippen molar-refractivity contribution in [1.82, 2.24) is 15.5 Å². The summed E-state index contributed by atoms with van der Waals surface area (Å²) >= 11 is 0. The van der Waals surface area contributed by atoms with Crippen molar-refractivity contribution < 1.29 is 14.7 Å². The van der Waals surface area contributed by atoms with Crippen LogP contribution in [0.1, 0.15) is 48.9 Å². The van der Waals surface area contributed by atoms with Crippen molar-refractivity contribution in [3.63, 3.8) is 0 Å². The summed E-state index contributed by atoms with van der Waals surface area (Å²) in [5.41, 5.74) is 0.290. The number of nitrogens with one attached hydrogen (secondary N) is 1. The molecule has 1 rings (SSSR count). The molecule has 6 heteroatoms. The van der Waals surface area contributed by atoms with Gasteiger partial charge in [-0.05, 0) is 32.8 Å². The number of rotatable bonds is 5. The van der Waals surface area contributed by atoms with Crippen molar-refractivity contribution in [2.24, 2.45) is 0 Å². The quantitative estimate of drug-likeness (QED) is 0.838. The van der Waals surface area contributed by atoms with Crippen LogP contribution in [0.25, 0.3) is 0 Å². The van der Waals surface area contributed by atoms with Crippen LogP contribution < -0.4 is 5.32 Å². The molecule has 0 aliphatic carbocycles. The summed E-state index contributed by atoms with van der Waals surface area (Å²) < 4.78 is 0. The number of carboxylic acids is 1. The third-order valence-corrected chi connectivity index (χ3v) is 3.14. The third kappa shape index (κ3) is 3.27. The Morgan fingerprint density at radius 1 is 1.37 bits per heavy atom. The summed E-state index contributed by atoms with van der Waals surface area (Å²) in [7, 11) is 0. The van der Waals surface area contributed by atoms with E-state index < -0.39 is 17.4 Å². The fraction of sp³-hybridized carbons (Fsp3) is 0.538. The Bertz CT molecular complexity index is 502. The van der Waals surface area contributed by atoms with E-state index in [1.807, 2.05) is 6.92 Å². The smallest absolute Gasteiger partial charge is 0.329 e. The molecular formula is C13H19N3O3. The fourth-order valence-electron chi connectivity index (χ4n) is 1.58. The van der Waals surface area contributed by atoms with Gasteiger partial charge in [0.25, 0.3) is 5.91 Å². The molecule has 0 saturated heterocycles. The molecular weight excluding hydrogens is 246 g/mol. The first-order valence-corrected chi connectivity index (χ1v) is 6.23. The van der Waals surface area contributed by atoms with Crippen LogP contribution in [0.2, 0.25) is 0 Å². The summed E-state index contributed by atoms with van der Waals surface area (Å²) in [6.07, 6.45) is 0.860. The number of aryl methyl sites for hydroxylation is 2. The van der Waals surface area contributed by atoms with E-state index in [1.54, 1.807) is 19.9 Å². The molecule has 19 heavy (non-hydrogen) atoms. The highest BCUT2D eigenvalue weighted by molar-refractivity contribution is 5.98. The number of aliphatic carboxylic acids is 1. The van der Waals surface area contributed by atoms with Gasteiger partial charge < -0.3 is 10.4 Å². The van der Waals surface area contributed by atoms with Crippen molar-refractivity contribution in [2.75, 3.05) is 0 Å². The van der Waals surface area contributed by atoms with Crippen LogP contribution in [0.5, 0.6) is 0 Å². The lowest BCUT2D eigenvalue weighted by Crippen LogP contribution is -2.51. The van der Waals surface area contributed by atoms with E-state index in [-0.39, 0.29) is 0 Å². The Hall–Kier alpha value is -1.98. The zero-order valence-corrected chi connectivity index (χ0v) is 11.6. The average Bonchev–Trinajstić information content (AvgIpc) is 2.38. The summed E-state index contributed by atoms with van der Waals surface area (Å²) in [6.45, 7) is 6.80. The Kier molecular flexibility index (Phi) is 4.58. The van der Waals surface area contributed by atoms with Crippen molar-refractivity contribution in [3.8, 4) is 0 Å². The average molecular weight is 265 g/mol. The van der Waals surface area contributed by atoms with Gasteiger partial charge in [0.2, 0.25) is 0 Å². The highest BCUT2D eigenvalue weighted by Crippen LogP contribution is 2.13. The van der Waals surface area contributed by atoms with Crippen LogP contribution in [0.4, 0.5) is 0 Å². The number of carbonyl (C=O) groups excluding carboxylic acids is 1. The minimum Gasteiger partial charge on any atom is -0.480 e. The maximum absolute atomic E-state index is 12.2. The summed E-state index contributed by atoms with van der Waals surface area (Å²) in [6, 6.07) is 1.62. The SMILES string of the molecule is CCc1nnc(C)cc1C(=O)NC(C)(CC)C(=O)O. The highest BCUT2D eigenvalue weighted by Gasteiger charge is 2.33. The first-order chi connectivity index (χ1) is 8.84. The Balaban J connectivity index is 3.07.